The van der Waals surface area contributed by atoms with Crippen molar-refractivity contribution in [2.45, 2.75) is 69.5 Å². The van der Waals surface area contributed by atoms with Crippen molar-refractivity contribution in [1.29, 1.82) is 0 Å². The van der Waals surface area contributed by atoms with Crippen LogP contribution in [0.15, 0.2) is 77.7 Å². The zero-order valence-corrected chi connectivity index (χ0v) is 25.6. The molecule has 0 saturated heterocycles. The number of carbonyl (C=O) groups is 2. The summed E-state index contributed by atoms with van der Waals surface area (Å²) in [4.78, 5) is 28.9. The fraction of sp³-hybridized carbons (Fsp3) is 0.355. The van der Waals surface area contributed by atoms with E-state index in [1.165, 1.54) is 23.1 Å². The summed E-state index contributed by atoms with van der Waals surface area (Å²) in [5.41, 5.74) is 1.91. The Labute approximate surface area is 252 Å². The number of halogens is 2. The lowest BCUT2D eigenvalue weighted by Gasteiger charge is -2.33. The zero-order chi connectivity index (χ0) is 29.6. The maximum Gasteiger partial charge on any atom is 0.264 e. The first kappa shape index (κ1) is 30.9. The summed E-state index contributed by atoms with van der Waals surface area (Å²) in [7, 11) is -4.15. The van der Waals surface area contributed by atoms with Crippen LogP contribution in [0, 0.1) is 6.92 Å². The highest BCUT2D eigenvalue weighted by Crippen LogP contribution is 2.27. The smallest absolute Gasteiger partial charge is 0.264 e. The summed E-state index contributed by atoms with van der Waals surface area (Å²) in [6, 6.07) is 19.0. The Balaban J connectivity index is 1.67. The van der Waals surface area contributed by atoms with E-state index in [2.05, 4.69) is 5.32 Å². The average Bonchev–Trinajstić information content (AvgIpc) is 2.95. The van der Waals surface area contributed by atoms with Gasteiger partial charge in [0, 0.05) is 22.6 Å². The number of amides is 2. The van der Waals surface area contributed by atoms with Gasteiger partial charge in [-0.05, 0) is 74.7 Å². The minimum atomic E-state index is -4.15. The fourth-order valence-corrected chi connectivity index (χ4v) is 6.65. The first-order valence-corrected chi connectivity index (χ1v) is 15.9. The topological polar surface area (TPSA) is 86.8 Å². The third-order valence-corrected chi connectivity index (χ3v) is 9.64. The van der Waals surface area contributed by atoms with Gasteiger partial charge in [0.2, 0.25) is 11.8 Å². The maximum atomic E-state index is 14.0. The summed E-state index contributed by atoms with van der Waals surface area (Å²) in [5, 5.41) is 3.98. The molecule has 7 nitrogen and oxygen atoms in total. The van der Waals surface area contributed by atoms with E-state index in [1.807, 2.05) is 6.92 Å². The molecule has 0 bridgehead atoms. The zero-order valence-electron chi connectivity index (χ0n) is 23.2. The first-order valence-electron chi connectivity index (χ1n) is 13.7. The van der Waals surface area contributed by atoms with Crippen LogP contribution in [0.3, 0.4) is 0 Å². The molecule has 1 fully saturated rings. The second kappa shape index (κ2) is 13.7. The summed E-state index contributed by atoms with van der Waals surface area (Å²) < 4.78 is 28.8. The molecule has 0 aromatic heterocycles. The number of benzene rings is 3. The SMILES string of the molecule is Cc1ccc(S(=O)(=O)N(CC(=O)N(Cc2ccc(Cl)cc2)[C@H](C)C(=O)NC2CCCCC2)c2cccc(Cl)c2)cc1. The van der Waals surface area contributed by atoms with Gasteiger partial charge in [-0.3, -0.25) is 13.9 Å². The van der Waals surface area contributed by atoms with Gasteiger partial charge in [-0.25, -0.2) is 8.42 Å². The van der Waals surface area contributed by atoms with Crippen LogP contribution in [0.2, 0.25) is 10.0 Å². The van der Waals surface area contributed by atoms with Crippen molar-refractivity contribution in [2.75, 3.05) is 10.8 Å². The Hall–Kier alpha value is -3.07. The van der Waals surface area contributed by atoms with Gasteiger partial charge in [-0.1, -0.05) is 78.4 Å². The fourth-order valence-electron chi connectivity index (χ4n) is 4.94. The Morgan fingerprint density at radius 2 is 1.59 bits per heavy atom. The predicted octanol–water partition coefficient (Wildman–Crippen LogP) is 6.36. The number of nitrogens with one attached hydrogen (secondary N) is 1. The number of aryl methyl sites for hydroxylation is 1. The number of sulfonamides is 1. The van der Waals surface area contributed by atoms with Crippen LogP contribution in [-0.4, -0.2) is 43.8 Å². The molecule has 0 unspecified atom stereocenters. The van der Waals surface area contributed by atoms with Crippen molar-refractivity contribution in [3.8, 4) is 0 Å². The van der Waals surface area contributed by atoms with Gasteiger partial charge < -0.3 is 10.2 Å². The molecule has 4 rings (SSSR count). The van der Waals surface area contributed by atoms with Gasteiger partial charge >= 0.3 is 0 Å². The second-order valence-corrected chi connectivity index (χ2v) is 13.2. The van der Waals surface area contributed by atoms with E-state index < -0.39 is 28.5 Å². The van der Waals surface area contributed by atoms with Crippen molar-refractivity contribution in [3.63, 3.8) is 0 Å². The lowest BCUT2D eigenvalue weighted by molar-refractivity contribution is -0.139. The lowest BCUT2D eigenvalue weighted by Crippen LogP contribution is -2.53. The van der Waals surface area contributed by atoms with Gasteiger partial charge in [0.05, 0.1) is 10.6 Å². The molecule has 2 amide bonds. The maximum absolute atomic E-state index is 14.0. The van der Waals surface area contributed by atoms with Crippen molar-refractivity contribution in [3.05, 3.63) is 94.0 Å². The van der Waals surface area contributed by atoms with Crippen molar-refractivity contribution >= 4 is 50.7 Å². The van der Waals surface area contributed by atoms with Crippen LogP contribution in [0.25, 0.3) is 0 Å². The molecule has 1 atom stereocenters. The van der Waals surface area contributed by atoms with Crippen LogP contribution in [0.1, 0.15) is 50.2 Å². The minimum absolute atomic E-state index is 0.0446. The van der Waals surface area contributed by atoms with Gasteiger partial charge in [-0.15, -0.1) is 0 Å². The van der Waals surface area contributed by atoms with Crippen molar-refractivity contribution in [2.24, 2.45) is 0 Å². The van der Waals surface area contributed by atoms with Gasteiger partial charge in [-0.2, -0.15) is 0 Å². The Bertz CT molecular complexity index is 1460. The van der Waals surface area contributed by atoms with E-state index in [1.54, 1.807) is 61.5 Å². The second-order valence-electron chi connectivity index (χ2n) is 10.5. The highest BCUT2D eigenvalue weighted by molar-refractivity contribution is 7.92. The first-order chi connectivity index (χ1) is 19.5. The van der Waals surface area contributed by atoms with Crippen LogP contribution in [-0.2, 0) is 26.2 Å². The molecular weight excluding hydrogens is 581 g/mol. The summed E-state index contributed by atoms with van der Waals surface area (Å²) >= 11 is 12.3. The molecule has 1 aliphatic carbocycles. The predicted molar refractivity (Wildman–Crippen MR) is 164 cm³/mol. The molecule has 10 heteroatoms. The van der Waals surface area contributed by atoms with Gasteiger partial charge in [0.15, 0.2) is 0 Å². The highest BCUT2D eigenvalue weighted by atomic mass is 35.5. The molecule has 0 spiro atoms. The Kier molecular flexibility index (Phi) is 10.3. The third kappa shape index (κ3) is 8.03. The molecule has 0 radical (unpaired) electrons. The van der Waals surface area contributed by atoms with E-state index in [9.17, 15) is 18.0 Å². The summed E-state index contributed by atoms with van der Waals surface area (Å²) in [6.45, 7) is 3.11. The van der Waals surface area contributed by atoms with E-state index in [-0.39, 0.29) is 29.1 Å². The monoisotopic (exact) mass is 615 g/mol. The number of anilines is 1. The molecule has 0 aliphatic heterocycles. The van der Waals surface area contributed by atoms with Gasteiger partial charge in [0.1, 0.15) is 12.6 Å². The molecule has 1 N–H and O–H groups in total. The molecule has 218 valence electrons. The molecule has 1 saturated carbocycles. The third-order valence-electron chi connectivity index (χ3n) is 7.37. The molecule has 3 aromatic carbocycles. The van der Waals surface area contributed by atoms with E-state index in [4.69, 9.17) is 23.2 Å². The van der Waals surface area contributed by atoms with E-state index in [0.717, 1.165) is 47.5 Å². The largest absolute Gasteiger partial charge is 0.352 e. The Morgan fingerprint density at radius 3 is 2.22 bits per heavy atom. The van der Waals surface area contributed by atoms with Crippen molar-refractivity contribution in [1.82, 2.24) is 10.2 Å². The van der Waals surface area contributed by atoms with Crippen LogP contribution in [0.4, 0.5) is 5.69 Å². The van der Waals surface area contributed by atoms with E-state index >= 15 is 0 Å². The summed E-state index contributed by atoms with van der Waals surface area (Å²) in [5.74, 6) is -0.795. The number of nitrogens with zero attached hydrogens (tertiary/aromatic N) is 2. The van der Waals surface area contributed by atoms with Crippen LogP contribution in [0.5, 0.6) is 0 Å². The normalized spacial score (nSPS) is 14.7. The molecule has 1 aliphatic rings. The molecular formula is C31H35Cl2N3O4S. The number of rotatable bonds is 10. The molecule has 3 aromatic rings. The lowest BCUT2D eigenvalue weighted by atomic mass is 9.95. The summed E-state index contributed by atoms with van der Waals surface area (Å²) in [6.07, 6.45) is 5.07. The number of hydrogen-bond donors (Lipinski definition) is 1. The Morgan fingerprint density at radius 1 is 0.927 bits per heavy atom. The minimum Gasteiger partial charge on any atom is -0.352 e. The van der Waals surface area contributed by atoms with Crippen LogP contribution < -0.4 is 9.62 Å². The molecule has 0 heterocycles. The number of hydrogen-bond acceptors (Lipinski definition) is 4. The average molecular weight is 617 g/mol. The van der Waals surface area contributed by atoms with E-state index in [0.29, 0.717) is 10.0 Å². The van der Waals surface area contributed by atoms with Crippen molar-refractivity contribution < 1.29 is 18.0 Å². The van der Waals surface area contributed by atoms with Gasteiger partial charge in [0.25, 0.3) is 10.0 Å². The molecule has 41 heavy (non-hydrogen) atoms. The highest BCUT2D eigenvalue weighted by Gasteiger charge is 2.33. The van der Waals surface area contributed by atoms with Crippen LogP contribution >= 0.6 is 23.2 Å². The standard InChI is InChI=1S/C31H35Cl2N3O4S/c1-22-11-17-29(18-12-22)41(39,40)36(28-10-6-7-26(33)19-28)21-30(37)35(20-24-13-15-25(32)16-14-24)23(2)31(38)34-27-8-4-3-5-9-27/h6-7,10-19,23,27H,3-5,8-9,20-21H2,1-2H3,(H,34,38)/t23-/m1/s1. The number of carbonyl (C=O) groups excluding carboxylic acids is 2. The quantitative estimate of drug-likeness (QED) is 0.287.